The fourth-order valence-electron chi connectivity index (χ4n) is 5.06. The van der Waals surface area contributed by atoms with Crippen molar-refractivity contribution in [2.45, 2.75) is 13.8 Å². The minimum atomic E-state index is 0.497. The van der Waals surface area contributed by atoms with Crippen molar-refractivity contribution in [3.8, 4) is 23.3 Å². The van der Waals surface area contributed by atoms with E-state index >= 15 is 0 Å². The molecular weight excluding hydrogens is 448 g/mol. The smallest absolute Gasteiger partial charge is 0.145 e. The van der Waals surface area contributed by atoms with Gasteiger partial charge in [0.05, 0.1) is 11.7 Å². The number of nitrogens with two attached hydrogens (primary N) is 1. The minimum Gasteiger partial charge on any atom is -0.455 e. The number of rotatable bonds is 4. The second kappa shape index (κ2) is 8.81. The van der Waals surface area contributed by atoms with E-state index in [2.05, 4.69) is 44.1 Å². The molecule has 7 nitrogen and oxygen atoms in total. The molecule has 3 atom stereocenters. The summed E-state index contributed by atoms with van der Waals surface area (Å²) < 4.78 is 5.99. The van der Waals surface area contributed by atoms with Gasteiger partial charge in [0.15, 0.2) is 0 Å². The number of anilines is 3. The fraction of sp³-hybridized carbons (Fsp3) is 0.276. The van der Waals surface area contributed by atoms with Crippen molar-refractivity contribution in [3.05, 3.63) is 71.8 Å². The van der Waals surface area contributed by atoms with Gasteiger partial charge in [0.2, 0.25) is 0 Å². The summed E-state index contributed by atoms with van der Waals surface area (Å²) in [4.78, 5) is 15.6. The molecule has 0 amide bonds. The number of hydrogen-bond acceptors (Lipinski definition) is 7. The third kappa shape index (κ3) is 4.32. The molecule has 1 aliphatic heterocycles. The first-order valence-electron chi connectivity index (χ1n) is 12.2. The molecule has 2 aliphatic rings. The van der Waals surface area contributed by atoms with Crippen LogP contribution in [0.3, 0.4) is 0 Å². The number of nitrogen functional groups attached to an aromatic ring is 1. The van der Waals surface area contributed by atoms with E-state index in [0.717, 1.165) is 64.1 Å². The Kier molecular flexibility index (Phi) is 5.46. The number of nitrogens with zero attached hydrogens (tertiary/aromatic N) is 4. The Balaban J connectivity index is 1.21. The summed E-state index contributed by atoms with van der Waals surface area (Å²) in [6, 6.07) is 13.7. The summed E-state index contributed by atoms with van der Waals surface area (Å²) in [7, 11) is 2.18. The lowest BCUT2D eigenvalue weighted by molar-refractivity contribution is 0.360. The Morgan fingerprint density at radius 3 is 2.61 bits per heavy atom. The second-order valence-electron chi connectivity index (χ2n) is 9.87. The van der Waals surface area contributed by atoms with E-state index < -0.39 is 0 Å². The van der Waals surface area contributed by atoms with Crippen LogP contribution in [0, 0.1) is 43.4 Å². The van der Waals surface area contributed by atoms with Gasteiger partial charge in [-0.25, -0.2) is 9.97 Å². The fourth-order valence-corrected chi connectivity index (χ4v) is 5.06. The highest BCUT2D eigenvalue weighted by Gasteiger charge is 2.53. The van der Waals surface area contributed by atoms with Crippen molar-refractivity contribution in [2.75, 3.05) is 31.2 Å². The number of ether oxygens (including phenoxy) is 1. The first-order valence-corrected chi connectivity index (χ1v) is 12.2. The number of benzene rings is 2. The molecule has 4 aromatic rings. The summed E-state index contributed by atoms with van der Waals surface area (Å²) in [5.41, 5.74) is 11.5. The van der Waals surface area contributed by atoms with Gasteiger partial charge in [-0.15, -0.1) is 0 Å². The number of aryl methyl sites for hydroxylation is 2. The molecule has 7 heteroatoms. The van der Waals surface area contributed by atoms with Crippen molar-refractivity contribution >= 4 is 28.1 Å². The van der Waals surface area contributed by atoms with Gasteiger partial charge in [-0.05, 0) is 80.8 Å². The summed E-state index contributed by atoms with van der Waals surface area (Å²) in [6.07, 6.45) is 3.29. The molecule has 2 aromatic carbocycles. The predicted octanol–water partition coefficient (Wildman–Crippen LogP) is 4.92. The van der Waals surface area contributed by atoms with Gasteiger partial charge in [0, 0.05) is 47.0 Å². The molecule has 0 radical (unpaired) electrons. The zero-order valence-corrected chi connectivity index (χ0v) is 20.6. The van der Waals surface area contributed by atoms with E-state index in [-0.39, 0.29) is 0 Å². The van der Waals surface area contributed by atoms with E-state index in [9.17, 15) is 0 Å². The van der Waals surface area contributed by atoms with Crippen LogP contribution in [0.15, 0.2) is 55.0 Å². The van der Waals surface area contributed by atoms with Crippen LogP contribution in [0.2, 0.25) is 0 Å². The first kappa shape index (κ1) is 22.3. The number of piperidine rings is 1. The Morgan fingerprint density at radius 2 is 1.86 bits per heavy atom. The number of pyridine rings is 1. The first-order chi connectivity index (χ1) is 17.4. The van der Waals surface area contributed by atoms with Crippen LogP contribution in [0.5, 0.6) is 11.5 Å². The van der Waals surface area contributed by atoms with E-state index in [4.69, 9.17) is 10.5 Å². The molecule has 2 aromatic heterocycles. The van der Waals surface area contributed by atoms with Crippen LogP contribution in [-0.2, 0) is 0 Å². The largest absolute Gasteiger partial charge is 0.455 e. The quantitative estimate of drug-likeness (QED) is 0.319. The summed E-state index contributed by atoms with van der Waals surface area (Å²) >= 11 is 0. The van der Waals surface area contributed by atoms with Crippen molar-refractivity contribution in [1.82, 2.24) is 19.9 Å². The van der Waals surface area contributed by atoms with Gasteiger partial charge < -0.3 is 20.7 Å². The van der Waals surface area contributed by atoms with Gasteiger partial charge >= 0.3 is 0 Å². The molecule has 3 N–H and O–H groups in total. The van der Waals surface area contributed by atoms with Crippen LogP contribution in [-0.4, -0.2) is 40.0 Å². The lowest BCUT2D eigenvalue weighted by Crippen LogP contribution is -2.18. The highest BCUT2D eigenvalue weighted by molar-refractivity contribution is 5.94. The molecule has 36 heavy (non-hydrogen) atoms. The van der Waals surface area contributed by atoms with E-state index in [0.29, 0.717) is 23.2 Å². The summed E-state index contributed by atoms with van der Waals surface area (Å²) in [5.74, 6) is 10.9. The van der Waals surface area contributed by atoms with Crippen LogP contribution in [0.25, 0.3) is 10.9 Å². The molecular formula is C29H28N6O. The molecule has 2 fully saturated rings. The van der Waals surface area contributed by atoms with Gasteiger partial charge in [0.1, 0.15) is 23.6 Å². The monoisotopic (exact) mass is 476 g/mol. The van der Waals surface area contributed by atoms with Crippen molar-refractivity contribution in [3.63, 3.8) is 0 Å². The summed E-state index contributed by atoms with van der Waals surface area (Å²) in [6.45, 7) is 6.26. The maximum atomic E-state index is 6.40. The molecule has 1 unspecified atom stereocenters. The molecule has 1 aliphatic carbocycles. The number of aromatic nitrogens is 3. The van der Waals surface area contributed by atoms with E-state index in [1.807, 2.05) is 56.3 Å². The minimum absolute atomic E-state index is 0.497. The zero-order chi connectivity index (χ0) is 24.8. The predicted molar refractivity (Wildman–Crippen MR) is 142 cm³/mol. The zero-order valence-electron chi connectivity index (χ0n) is 20.6. The lowest BCUT2D eigenvalue weighted by atomic mass is 10.1. The molecule has 0 bridgehead atoms. The third-order valence-electron chi connectivity index (χ3n) is 7.11. The maximum absolute atomic E-state index is 6.40. The topological polar surface area (TPSA) is 89.2 Å². The third-order valence-corrected chi connectivity index (χ3v) is 7.11. The van der Waals surface area contributed by atoms with Gasteiger partial charge in [0.25, 0.3) is 0 Å². The number of fused-ring (bicyclic) bond motifs is 2. The molecule has 3 heterocycles. The van der Waals surface area contributed by atoms with Crippen LogP contribution < -0.4 is 15.8 Å². The Labute approximate surface area is 210 Å². The van der Waals surface area contributed by atoms with E-state index in [1.54, 1.807) is 12.5 Å². The number of nitrogens with one attached hydrogen (secondary N) is 1. The standard InChI is InChI=1S/C29H28N6O/c1-17-10-20(6-9-28(17)36-21-7-4-18(2)31-13-21)34-29-23-12-26(30)19(11-27(23)32-16-33-29)5-8-22-24-14-35(3)15-25(22)24/h4,6-7,9-13,16,22,24-25H,14-15,30H2,1-3H3,(H,32,33,34)/t22?,24-,25+. The molecule has 1 saturated carbocycles. The lowest BCUT2D eigenvalue weighted by Gasteiger charge is -2.13. The van der Waals surface area contributed by atoms with E-state index in [1.165, 1.54) is 0 Å². The van der Waals surface area contributed by atoms with Crippen LogP contribution >= 0.6 is 0 Å². The highest BCUT2D eigenvalue weighted by Crippen LogP contribution is 2.50. The van der Waals surface area contributed by atoms with Crippen molar-refractivity contribution in [1.29, 1.82) is 0 Å². The number of likely N-dealkylation sites (tertiary alicyclic amines) is 1. The average Bonchev–Trinajstić information content (AvgIpc) is 3.32. The van der Waals surface area contributed by atoms with Gasteiger partial charge in [-0.1, -0.05) is 11.8 Å². The van der Waals surface area contributed by atoms with Crippen LogP contribution in [0.4, 0.5) is 17.2 Å². The Bertz CT molecular complexity index is 1510. The molecule has 180 valence electrons. The van der Waals surface area contributed by atoms with Gasteiger partial charge in [-0.3, -0.25) is 4.98 Å². The second-order valence-corrected chi connectivity index (χ2v) is 9.87. The SMILES string of the molecule is Cc1ccc(Oc2ccc(Nc3ncnc4cc(C#CC5[C@H]6CN(C)C[C@@H]56)c(N)cc34)cc2C)cn1. The Hall–Kier alpha value is -4.15. The Morgan fingerprint density at radius 1 is 1.03 bits per heavy atom. The van der Waals surface area contributed by atoms with Gasteiger partial charge in [-0.2, -0.15) is 0 Å². The number of hydrogen-bond donors (Lipinski definition) is 2. The van der Waals surface area contributed by atoms with Crippen molar-refractivity contribution in [2.24, 2.45) is 17.8 Å². The molecule has 0 spiro atoms. The van der Waals surface area contributed by atoms with Crippen molar-refractivity contribution < 1.29 is 4.74 Å². The molecule has 1 saturated heterocycles. The van der Waals surface area contributed by atoms with Crippen LogP contribution in [0.1, 0.15) is 16.8 Å². The summed E-state index contributed by atoms with van der Waals surface area (Å²) in [5, 5.41) is 4.26. The molecule has 6 rings (SSSR count). The average molecular weight is 477 g/mol. The maximum Gasteiger partial charge on any atom is 0.145 e. The highest BCUT2D eigenvalue weighted by atomic mass is 16.5. The normalized spacial score (nSPS) is 20.5.